The van der Waals surface area contributed by atoms with Crippen LogP contribution in [0.4, 0.5) is 0 Å². The first kappa shape index (κ1) is 26.2. The van der Waals surface area contributed by atoms with Gasteiger partial charge in [0.05, 0.1) is 11.4 Å². The molecule has 8 heteroatoms. The average molecular weight is 520 g/mol. The molecule has 0 spiro atoms. The van der Waals surface area contributed by atoms with Crippen molar-refractivity contribution in [2.75, 3.05) is 32.5 Å². The van der Waals surface area contributed by atoms with Crippen LogP contribution < -0.4 is 9.47 Å². The van der Waals surface area contributed by atoms with Gasteiger partial charge in [0.25, 0.3) is 0 Å². The summed E-state index contributed by atoms with van der Waals surface area (Å²) in [5, 5.41) is 11.6. The molecule has 0 atom stereocenters. The number of nitrogens with zero attached hydrogens (tertiary/aromatic N) is 1. The molecule has 0 fully saturated rings. The van der Waals surface area contributed by atoms with Crippen LogP contribution in [0.2, 0.25) is 0 Å². The van der Waals surface area contributed by atoms with E-state index in [2.05, 4.69) is 0 Å². The van der Waals surface area contributed by atoms with Crippen LogP contribution in [-0.4, -0.2) is 57.2 Å². The van der Waals surface area contributed by atoms with E-state index in [1.807, 2.05) is 48.2 Å². The van der Waals surface area contributed by atoms with E-state index in [0.717, 1.165) is 34.7 Å². The number of ether oxygens (including phenoxy) is 2. The van der Waals surface area contributed by atoms with E-state index in [1.165, 1.54) is 6.26 Å². The minimum absolute atomic E-state index is 0.153. The van der Waals surface area contributed by atoms with E-state index in [9.17, 15) is 18.3 Å². The summed E-state index contributed by atoms with van der Waals surface area (Å²) in [6, 6.07) is 22.8. The first-order valence-corrected chi connectivity index (χ1v) is 13.8. The number of carbonyl (C=O) groups excluding carboxylic acids is 1. The van der Waals surface area contributed by atoms with Crippen LogP contribution in [0.15, 0.2) is 83.8 Å². The summed E-state index contributed by atoms with van der Waals surface area (Å²) in [7, 11) is -3.31. The Bertz CT molecular complexity index is 1480. The Kier molecular flexibility index (Phi) is 8.11. The highest BCUT2D eigenvalue weighted by molar-refractivity contribution is 7.90. The molecule has 4 aromatic rings. The highest BCUT2D eigenvalue weighted by atomic mass is 32.2. The molecule has 4 rings (SSSR count). The summed E-state index contributed by atoms with van der Waals surface area (Å²) in [5.74, 6) is 2.03. The quantitative estimate of drug-likeness (QED) is 0.269. The van der Waals surface area contributed by atoms with Gasteiger partial charge in [-0.15, -0.1) is 0 Å². The fourth-order valence-electron chi connectivity index (χ4n) is 4.01. The number of hydrogen-bond acceptors (Lipinski definition) is 7. The van der Waals surface area contributed by atoms with Gasteiger partial charge in [-0.3, -0.25) is 4.90 Å². The molecule has 1 N–H and O–H groups in total. The Hall–Kier alpha value is -3.88. The van der Waals surface area contributed by atoms with Gasteiger partial charge in [0, 0.05) is 23.8 Å². The summed E-state index contributed by atoms with van der Waals surface area (Å²) < 4.78 is 36.0. The van der Waals surface area contributed by atoms with Crippen LogP contribution in [0.5, 0.6) is 23.0 Å². The maximum Gasteiger partial charge on any atom is 0.175 e. The predicted octanol–water partition coefficient (Wildman–Crippen LogP) is 5.31. The Balaban J connectivity index is 1.61. The van der Waals surface area contributed by atoms with E-state index in [0.29, 0.717) is 36.9 Å². The van der Waals surface area contributed by atoms with Crippen molar-refractivity contribution in [2.45, 2.75) is 11.8 Å². The largest absolute Gasteiger partial charge is 0.508 e. The second-order valence-electron chi connectivity index (χ2n) is 8.63. The topological polar surface area (TPSA) is 93.1 Å². The molecule has 0 bridgehead atoms. The molecular formula is C29H29NO6S. The maximum absolute atomic E-state index is 11.9. The van der Waals surface area contributed by atoms with E-state index in [1.54, 1.807) is 42.5 Å². The van der Waals surface area contributed by atoms with Crippen molar-refractivity contribution >= 4 is 26.9 Å². The zero-order valence-corrected chi connectivity index (χ0v) is 21.6. The molecule has 0 saturated heterocycles. The van der Waals surface area contributed by atoms with Crippen molar-refractivity contribution in [2.24, 2.45) is 0 Å². The monoisotopic (exact) mass is 519 g/mol. The maximum atomic E-state index is 11.9. The lowest BCUT2D eigenvalue weighted by molar-refractivity contribution is -0.108. The number of likely N-dealkylation sites (N-methyl/N-ethyl adjacent to an activating group) is 1. The normalized spacial score (nSPS) is 11.5. The summed E-state index contributed by atoms with van der Waals surface area (Å²) in [5.41, 5.74) is 1.58. The molecule has 192 valence electrons. The Morgan fingerprint density at radius 3 is 2.27 bits per heavy atom. The first-order valence-electron chi connectivity index (χ1n) is 11.9. The number of sulfone groups is 1. The lowest BCUT2D eigenvalue weighted by atomic mass is 9.99. The molecule has 0 aliphatic carbocycles. The van der Waals surface area contributed by atoms with E-state index >= 15 is 0 Å². The van der Waals surface area contributed by atoms with E-state index < -0.39 is 9.84 Å². The van der Waals surface area contributed by atoms with Gasteiger partial charge in [0.1, 0.15) is 35.9 Å². The molecular weight excluding hydrogens is 490 g/mol. The van der Waals surface area contributed by atoms with Gasteiger partial charge in [0.2, 0.25) is 0 Å². The Labute approximate surface area is 216 Å². The number of phenolic OH excluding ortho intramolecular Hbond substituents is 1. The van der Waals surface area contributed by atoms with Gasteiger partial charge < -0.3 is 19.4 Å². The van der Waals surface area contributed by atoms with Gasteiger partial charge in [-0.25, -0.2) is 8.42 Å². The van der Waals surface area contributed by atoms with Gasteiger partial charge in [-0.2, -0.15) is 0 Å². The fourth-order valence-corrected chi connectivity index (χ4v) is 4.64. The second kappa shape index (κ2) is 11.5. The van der Waals surface area contributed by atoms with Crippen LogP contribution in [0.25, 0.3) is 21.9 Å². The zero-order chi connectivity index (χ0) is 26.4. The molecule has 0 aliphatic heterocycles. The summed E-state index contributed by atoms with van der Waals surface area (Å²) in [6.07, 6.45) is 2.07. The van der Waals surface area contributed by atoms with E-state index in [-0.39, 0.29) is 10.6 Å². The highest BCUT2D eigenvalue weighted by Gasteiger charge is 2.15. The van der Waals surface area contributed by atoms with Gasteiger partial charge >= 0.3 is 0 Å². The SMILES string of the molecule is CCN(CC=O)CCOc1ccc(Oc2c(-c3ccc(S(C)(=O)=O)cc3)ccc3cc(O)ccc23)cc1. The number of aromatic hydroxyl groups is 1. The lowest BCUT2D eigenvalue weighted by Gasteiger charge is -2.18. The lowest BCUT2D eigenvalue weighted by Crippen LogP contribution is -2.29. The molecule has 4 aromatic carbocycles. The van der Waals surface area contributed by atoms with Gasteiger partial charge in [-0.05, 0) is 78.2 Å². The van der Waals surface area contributed by atoms with Crippen LogP contribution in [-0.2, 0) is 14.6 Å². The van der Waals surface area contributed by atoms with Crippen LogP contribution in [0.1, 0.15) is 6.92 Å². The number of hydrogen-bond donors (Lipinski definition) is 1. The minimum Gasteiger partial charge on any atom is -0.508 e. The molecule has 0 heterocycles. The molecule has 0 unspecified atom stereocenters. The zero-order valence-electron chi connectivity index (χ0n) is 20.8. The van der Waals surface area contributed by atoms with Crippen molar-refractivity contribution in [3.63, 3.8) is 0 Å². The van der Waals surface area contributed by atoms with Gasteiger partial charge in [0.15, 0.2) is 9.84 Å². The first-order chi connectivity index (χ1) is 17.8. The average Bonchev–Trinajstić information content (AvgIpc) is 2.88. The molecule has 37 heavy (non-hydrogen) atoms. The number of carbonyl (C=O) groups is 1. The third-order valence-corrected chi connectivity index (χ3v) is 7.18. The van der Waals surface area contributed by atoms with Gasteiger partial charge in [-0.1, -0.05) is 25.1 Å². The molecule has 0 radical (unpaired) electrons. The number of benzene rings is 4. The number of rotatable bonds is 11. The standard InChI is InChI=1S/C29H29NO6S/c1-3-30(16-18-31)17-19-35-24-8-10-25(11-9-24)36-29-27(14-6-22-20-23(32)7-15-28(22)29)21-4-12-26(13-5-21)37(2,33)34/h4-15,18,20,32H,3,16-17,19H2,1-2H3. The minimum atomic E-state index is -3.31. The van der Waals surface area contributed by atoms with Crippen molar-refractivity contribution in [1.29, 1.82) is 0 Å². The third kappa shape index (κ3) is 6.47. The fraction of sp³-hybridized carbons (Fsp3) is 0.207. The molecule has 0 amide bonds. The third-order valence-electron chi connectivity index (χ3n) is 6.05. The van der Waals surface area contributed by atoms with Crippen molar-refractivity contribution < 1.29 is 27.8 Å². The molecule has 7 nitrogen and oxygen atoms in total. The smallest absolute Gasteiger partial charge is 0.175 e. The van der Waals surface area contributed by atoms with Crippen molar-refractivity contribution in [1.82, 2.24) is 4.90 Å². The van der Waals surface area contributed by atoms with Crippen LogP contribution in [0.3, 0.4) is 0 Å². The van der Waals surface area contributed by atoms with Crippen LogP contribution >= 0.6 is 0 Å². The second-order valence-corrected chi connectivity index (χ2v) is 10.6. The van der Waals surface area contributed by atoms with E-state index in [4.69, 9.17) is 9.47 Å². The highest BCUT2D eigenvalue weighted by Crippen LogP contribution is 2.41. The predicted molar refractivity (Wildman–Crippen MR) is 144 cm³/mol. The molecule has 0 aliphatic rings. The summed E-state index contributed by atoms with van der Waals surface area (Å²) in [6.45, 7) is 4.27. The Morgan fingerprint density at radius 2 is 1.62 bits per heavy atom. The van der Waals surface area contributed by atoms with Crippen molar-refractivity contribution in [3.8, 4) is 34.1 Å². The van der Waals surface area contributed by atoms with Crippen molar-refractivity contribution in [3.05, 3.63) is 78.9 Å². The number of phenols is 1. The number of fused-ring (bicyclic) bond motifs is 1. The Morgan fingerprint density at radius 1 is 0.919 bits per heavy atom. The summed E-state index contributed by atoms with van der Waals surface area (Å²) in [4.78, 5) is 13.0. The molecule has 0 saturated carbocycles. The van der Waals surface area contributed by atoms with Crippen LogP contribution in [0, 0.1) is 0 Å². The number of aldehydes is 1. The molecule has 0 aromatic heterocycles. The summed E-state index contributed by atoms with van der Waals surface area (Å²) >= 11 is 0.